The lowest BCUT2D eigenvalue weighted by Gasteiger charge is -2.04. The fourth-order valence-electron chi connectivity index (χ4n) is 2.92. The van der Waals surface area contributed by atoms with Crippen molar-refractivity contribution in [2.45, 2.75) is 6.42 Å². The number of thiophene rings is 1. The van der Waals surface area contributed by atoms with Crippen LogP contribution in [0.2, 0.25) is 15.1 Å². The number of ketones is 1. The van der Waals surface area contributed by atoms with Gasteiger partial charge in [-0.05, 0) is 35.9 Å². The summed E-state index contributed by atoms with van der Waals surface area (Å²) in [6, 6.07) is 16.5. The van der Waals surface area contributed by atoms with Gasteiger partial charge in [0, 0.05) is 22.4 Å². The van der Waals surface area contributed by atoms with Crippen molar-refractivity contribution in [1.29, 1.82) is 0 Å². The molecule has 2 aromatic heterocycles. The van der Waals surface area contributed by atoms with E-state index in [9.17, 15) is 4.79 Å². The molecule has 0 unspecified atom stereocenters. The molecule has 0 spiro atoms. The largest absolute Gasteiger partial charge is 0.397 e. The van der Waals surface area contributed by atoms with Crippen LogP contribution in [0.5, 0.6) is 0 Å². The van der Waals surface area contributed by atoms with Gasteiger partial charge in [0.2, 0.25) is 0 Å². The zero-order valence-corrected chi connectivity index (χ0v) is 17.5. The second-order valence-electron chi connectivity index (χ2n) is 6.21. The second-order valence-corrected chi connectivity index (χ2v) is 8.43. The number of hydrogen-bond donors (Lipinski definition) is 1. The van der Waals surface area contributed by atoms with Gasteiger partial charge in [0.15, 0.2) is 5.78 Å². The molecule has 0 aliphatic carbocycles. The first-order valence-electron chi connectivity index (χ1n) is 8.35. The Morgan fingerprint density at radius 3 is 2.50 bits per heavy atom. The fourth-order valence-corrected chi connectivity index (χ4v) is 4.47. The van der Waals surface area contributed by atoms with Crippen LogP contribution in [0, 0.1) is 0 Å². The molecule has 140 valence electrons. The topological polar surface area (TPSA) is 56.0 Å². The fraction of sp³-hybridized carbons (Fsp3) is 0.0476. The molecular weight excluding hydrogens is 435 g/mol. The Morgan fingerprint density at radius 1 is 1.00 bits per heavy atom. The minimum absolute atomic E-state index is 0.113. The molecule has 0 saturated heterocycles. The molecule has 0 radical (unpaired) electrons. The van der Waals surface area contributed by atoms with Gasteiger partial charge in [-0.15, -0.1) is 11.3 Å². The van der Waals surface area contributed by atoms with E-state index < -0.39 is 0 Å². The molecule has 3 nitrogen and oxygen atoms in total. The Hall–Kier alpha value is -2.11. The number of benzene rings is 2. The van der Waals surface area contributed by atoms with Crippen LogP contribution < -0.4 is 5.73 Å². The minimum Gasteiger partial charge on any atom is -0.397 e. The molecule has 2 aromatic carbocycles. The SMILES string of the molecule is Nc1c(C(=O)Cc2cccc(Cl)c2Cl)sc2nc(-c3ccc(Cl)cc3)ccc12. The van der Waals surface area contributed by atoms with Gasteiger partial charge in [0.1, 0.15) is 4.83 Å². The third kappa shape index (κ3) is 3.61. The molecule has 4 rings (SSSR count). The number of Topliss-reactive ketones (excluding diaryl/α,β-unsaturated/α-hetero) is 1. The zero-order valence-electron chi connectivity index (χ0n) is 14.4. The Balaban J connectivity index is 1.69. The predicted molar refractivity (Wildman–Crippen MR) is 119 cm³/mol. The number of carbonyl (C=O) groups excluding carboxylic acids is 1. The van der Waals surface area contributed by atoms with Crippen LogP contribution in [0.15, 0.2) is 54.6 Å². The summed E-state index contributed by atoms with van der Waals surface area (Å²) >= 11 is 19.5. The first kappa shape index (κ1) is 19.2. The highest BCUT2D eigenvalue weighted by atomic mass is 35.5. The molecule has 28 heavy (non-hydrogen) atoms. The smallest absolute Gasteiger partial charge is 0.179 e. The molecule has 0 amide bonds. The molecule has 0 aliphatic rings. The molecule has 4 aromatic rings. The highest BCUT2D eigenvalue weighted by Gasteiger charge is 2.19. The van der Waals surface area contributed by atoms with E-state index in [1.54, 1.807) is 18.2 Å². The molecule has 0 bridgehead atoms. The normalized spacial score (nSPS) is 11.1. The van der Waals surface area contributed by atoms with E-state index in [1.807, 2.05) is 36.4 Å². The Bertz CT molecular complexity index is 1200. The van der Waals surface area contributed by atoms with Crippen LogP contribution in [-0.2, 0) is 6.42 Å². The van der Waals surface area contributed by atoms with E-state index in [0.29, 0.717) is 36.0 Å². The van der Waals surface area contributed by atoms with E-state index >= 15 is 0 Å². The van der Waals surface area contributed by atoms with Crippen LogP contribution in [0.1, 0.15) is 15.2 Å². The van der Waals surface area contributed by atoms with Crippen LogP contribution in [0.25, 0.3) is 21.5 Å². The van der Waals surface area contributed by atoms with Gasteiger partial charge in [-0.2, -0.15) is 0 Å². The number of nitrogens with two attached hydrogens (primary N) is 1. The molecule has 0 atom stereocenters. The number of anilines is 1. The summed E-state index contributed by atoms with van der Waals surface area (Å²) in [5, 5.41) is 2.24. The van der Waals surface area contributed by atoms with Gasteiger partial charge >= 0.3 is 0 Å². The Kier molecular flexibility index (Phi) is 5.30. The van der Waals surface area contributed by atoms with Crippen molar-refractivity contribution in [3.8, 4) is 11.3 Å². The molecule has 0 saturated carbocycles. The maximum atomic E-state index is 12.8. The molecular formula is C21H13Cl3N2OS. The maximum Gasteiger partial charge on any atom is 0.179 e. The minimum atomic E-state index is -0.113. The number of hydrogen-bond acceptors (Lipinski definition) is 4. The van der Waals surface area contributed by atoms with Crippen molar-refractivity contribution in [2.24, 2.45) is 0 Å². The first-order valence-corrected chi connectivity index (χ1v) is 10.3. The van der Waals surface area contributed by atoms with Crippen molar-refractivity contribution >= 4 is 67.8 Å². The summed E-state index contributed by atoms with van der Waals surface area (Å²) in [5.41, 5.74) is 9.09. The molecule has 2 heterocycles. The van der Waals surface area contributed by atoms with Crippen LogP contribution in [-0.4, -0.2) is 10.8 Å². The second kappa shape index (κ2) is 7.72. The standard InChI is InChI=1S/C21H13Cl3N2OS/c22-13-6-4-11(5-7-13)16-9-8-14-19(25)20(28-21(14)26-16)17(27)10-12-2-1-3-15(23)18(12)24/h1-9H,10,25H2. The van der Waals surface area contributed by atoms with Gasteiger partial charge in [0.25, 0.3) is 0 Å². The summed E-state index contributed by atoms with van der Waals surface area (Å²) in [4.78, 5) is 18.7. The molecule has 0 aliphatic heterocycles. The quantitative estimate of drug-likeness (QED) is 0.345. The predicted octanol–water partition coefficient (Wildman–Crippen LogP) is 6.93. The van der Waals surface area contributed by atoms with E-state index in [4.69, 9.17) is 40.5 Å². The summed E-state index contributed by atoms with van der Waals surface area (Å²) in [7, 11) is 0. The van der Waals surface area contributed by atoms with Crippen LogP contribution in [0.4, 0.5) is 5.69 Å². The Morgan fingerprint density at radius 2 is 1.75 bits per heavy atom. The Labute approximate surface area is 180 Å². The van der Waals surface area contributed by atoms with E-state index in [0.717, 1.165) is 16.6 Å². The van der Waals surface area contributed by atoms with Crippen molar-refractivity contribution in [3.63, 3.8) is 0 Å². The number of aromatic nitrogens is 1. The molecule has 7 heteroatoms. The van der Waals surface area contributed by atoms with Crippen LogP contribution >= 0.6 is 46.1 Å². The lowest BCUT2D eigenvalue weighted by atomic mass is 10.1. The van der Waals surface area contributed by atoms with Crippen molar-refractivity contribution in [2.75, 3.05) is 5.73 Å². The third-order valence-corrected chi connectivity index (χ3v) is 6.64. The average Bonchev–Trinajstić information content (AvgIpc) is 3.02. The number of rotatable bonds is 4. The lowest BCUT2D eigenvalue weighted by molar-refractivity contribution is 0.0997. The number of pyridine rings is 1. The van der Waals surface area contributed by atoms with E-state index in [-0.39, 0.29) is 12.2 Å². The van der Waals surface area contributed by atoms with Gasteiger partial charge in [-0.3, -0.25) is 4.79 Å². The average molecular weight is 448 g/mol. The van der Waals surface area contributed by atoms with Crippen molar-refractivity contribution in [3.05, 3.63) is 80.1 Å². The maximum absolute atomic E-state index is 12.8. The number of nitrogen functional groups attached to an aromatic ring is 1. The summed E-state index contributed by atoms with van der Waals surface area (Å²) in [6.45, 7) is 0. The number of carbonyl (C=O) groups is 1. The third-order valence-electron chi connectivity index (χ3n) is 4.37. The summed E-state index contributed by atoms with van der Waals surface area (Å²) in [6.07, 6.45) is 0.125. The molecule has 0 fully saturated rings. The van der Waals surface area contributed by atoms with Gasteiger partial charge in [-0.25, -0.2) is 4.98 Å². The first-order chi connectivity index (χ1) is 13.4. The summed E-state index contributed by atoms with van der Waals surface area (Å²) in [5.74, 6) is -0.113. The number of nitrogens with zero attached hydrogens (tertiary/aromatic N) is 1. The van der Waals surface area contributed by atoms with Crippen molar-refractivity contribution < 1.29 is 4.79 Å². The van der Waals surface area contributed by atoms with E-state index in [1.165, 1.54) is 11.3 Å². The number of halogens is 3. The van der Waals surface area contributed by atoms with Gasteiger partial charge in [0.05, 0.1) is 26.3 Å². The highest BCUT2D eigenvalue weighted by Crippen LogP contribution is 2.36. The van der Waals surface area contributed by atoms with E-state index in [2.05, 4.69) is 4.98 Å². The molecule has 2 N–H and O–H groups in total. The highest BCUT2D eigenvalue weighted by molar-refractivity contribution is 7.21. The monoisotopic (exact) mass is 446 g/mol. The summed E-state index contributed by atoms with van der Waals surface area (Å²) < 4.78 is 0. The van der Waals surface area contributed by atoms with Crippen molar-refractivity contribution in [1.82, 2.24) is 4.98 Å². The zero-order chi connectivity index (χ0) is 19.8. The number of fused-ring (bicyclic) bond motifs is 1. The van der Waals surface area contributed by atoms with Crippen LogP contribution in [0.3, 0.4) is 0 Å². The lowest BCUT2D eigenvalue weighted by Crippen LogP contribution is -2.04. The van der Waals surface area contributed by atoms with Gasteiger partial charge < -0.3 is 5.73 Å². The van der Waals surface area contributed by atoms with Gasteiger partial charge in [-0.1, -0.05) is 59.1 Å².